The van der Waals surface area contributed by atoms with Gasteiger partial charge in [-0.05, 0) is 24.7 Å². The SMILES string of the molecule is CCC(C)C(=O)NCC(C)(C)CCCO. The van der Waals surface area contributed by atoms with Gasteiger partial charge in [0.25, 0.3) is 0 Å². The van der Waals surface area contributed by atoms with E-state index >= 15 is 0 Å². The summed E-state index contributed by atoms with van der Waals surface area (Å²) in [5.41, 5.74) is 0.0752. The van der Waals surface area contributed by atoms with Crippen LogP contribution in [0.15, 0.2) is 0 Å². The average molecular weight is 215 g/mol. The van der Waals surface area contributed by atoms with E-state index in [-0.39, 0.29) is 23.8 Å². The van der Waals surface area contributed by atoms with Crippen LogP contribution in [-0.2, 0) is 4.79 Å². The summed E-state index contributed by atoms with van der Waals surface area (Å²) < 4.78 is 0. The molecule has 0 aliphatic rings. The minimum atomic E-state index is 0.0752. The van der Waals surface area contributed by atoms with Crippen molar-refractivity contribution >= 4 is 5.91 Å². The average Bonchev–Trinajstić information content (AvgIpc) is 2.22. The smallest absolute Gasteiger partial charge is 0.222 e. The number of aliphatic hydroxyl groups is 1. The predicted octanol–water partition coefficient (Wildman–Crippen LogP) is 1.95. The van der Waals surface area contributed by atoms with Crippen LogP contribution in [0.2, 0.25) is 0 Å². The standard InChI is InChI=1S/C12H25NO2/c1-5-10(2)11(15)13-9-12(3,4)7-6-8-14/h10,14H,5-9H2,1-4H3,(H,13,15). The molecule has 0 aromatic carbocycles. The molecule has 2 N–H and O–H groups in total. The van der Waals surface area contributed by atoms with Crippen molar-refractivity contribution in [3.63, 3.8) is 0 Å². The van der Waals surface area contributed by atoms with Crippen LogP contribution in [0.1, 0.15) is 47.0 Å². The molecule has 0 aromatic heterocycles. The van der Waals surface area contributed by atoms with Gasteiger partial charge in [-0.15, -0.1) is 0 Å². The highest BCUT2D eigenvalue weighted by Gasteiger charge is 2.19. The molecule has 1 atom stereocenters. The maximum atomic E-state index is 11.5. The zero-order valence-corrected chi connectivity index (χ0v) is 10.5. The molecule has 0 spiro atoms. The van der Waals surface area contributed by atoms with E-state index in [4.69, 9.17) is 5.11 Å². The van der Waals surface area contributed by atoms with Crippen LogP contribution in [0.5, 0.6) is 0 Å². The third-order valence-electron chi connectivity index (χ3n) is 2.81. The Kier molecular flexibility index (Phi) is 6.57. The lowest BCUT2D eigenvalue weighted by atomic mass is 9.87. The van der Waals surface area contributed by atoms with Crippen molar-refractivity contribution < 1.29 is 9.90 Å². The van der Waals surface area contributed by atoms with Gasteiger partial charge >= 0.3 is 0 Å². The van der Waals surface area contributed by atoms with E-state index in [0.29, 0.717) is 6.54 Å². The summed E-state index contributed by atoms with van der Waals surface area (Å²) in [6.45, 7) is 9.09. The van der Waals surface area contributed by atoms with Crippen LogP contribution in [0.4, 0.5) is 0 Å². The summed E-state index contributed by atoms with van der Waals surface area (Å²) in [6, 6.07) is 0. The molecule has 90 valence electrons. The lowest BCUT2D eigenvalue weighted by Gasteiger charge is -2.25. The minimum absolute atomic E-state index is 0.0752. The third-order valence-corrected chi connectivity index (χ3v) is 2.81. The van der Waals surface area contributed by atoms with Crippen LogP contribution >= 0.6 is 0 Å². The Morgan fingerprint density at radius 2 is 2.07 bits per heavy atom. The Morgan fingerprint density at radius 3 is 2.53 bits per heavy atom. The summed E-state index contributed by atoms with van der Waals surface area (Å²) in [7, 11) is 0. The monoisotopic (exact) mass is 215 g/mol. The second kappa shape index (κ2) is 6.83. The van der Waals surface area contributed by atoms with Crippen molar-refractivity contribution in [2.45, 2.75) is 47.0 Å². The van der Waals surface area contributed by atoms with Gasteiger partial charge in [0.05, 0.1) is 0 Å². The molecular weight excluding hydrogens is 190 g/mol. The molecular formula is C12H25NO2. The fourth-order valence-corrected chi connectivity index (χ4v) is 1.33. The molecule has 1 amide bonds. The predicted molar refractivity (Wildman–Crippen MR) is 62.6 cm³/mol. The molecule has 0 rings (SSSR count). The maximum Gasteiger partial charge on any atom is 0.222 e. The first-order valence-corrected chi connectivity index (χ1v) is 5.81. The molecule has 0 aromatic rings. The van der Waals surface area contributed by atoms with Crippen LogP contribution < -0.4 is 5.32 Å². The number of rotatable bonds is 7. The quantitative estimate of drug-likeness (QED) is 0.682. The van der Waals surface area contributed by atoms with Crippen molar-refractivity contribution in [2.75, 3.05) is 13.2 Å². The highest BCUT2D eigenvalue weighted by Crippen LogP contribution is 2.20. The molecule has 0 radical (unpaired) electrons. The number of amides is 1. The molecule has 0 heterocycles. The number of carbonyl (C=O) groups excluding carboxylic acids is 1. The molecule has 3 heteroatoms. The van der Waals surface area contributed by atoms with E-state index < -0.39 is 0 Å². The van der Waals surface area contributed by atoms with Gasteiger partial charge in [0.1, 0.15) is 0 Å². The highest BCUT2D eigenvalue weighted by molar-refractivity contribution is 5.78. The van der Waals surface area contributed by atoms with Crippen LogP contribution in [0.3, 0.4) is 0 Å². The normalized spacial score (nSPS) is 13.7. The molecule has 1 unspecified atom stereocenters. The van der Waals surface area contributed by atoms with Gasteiger partial charge in [0, 0.05) is 19.1 Å². The zero-order chi connectivity index (χ0) is 11.9. The summed E-state index contributed by atoms with van der Waals surface area (Å²) in [6.07, 6.45) is 2.61. The first-order valence-electron chi connectivity index (χ1n) is 5.81. The van der Waals surface area contributed by atoms with Crippen molar-refractivity contribution in [1.29, 1.82) is 0 Å². The molecule has 0 bridgehead atoms. The van der Waals surface area contributed by atoms with E-state index in [9.17, 15) is 4.79 Å². The van der Waals surface area contributed by atoms with Gasteiger partial charge in [0.2, 0.25) is 5.91 Å². The highest BCUT2D eigenvalue weighted by atomic mass is 16.2. The van der Waals surface area contributed by atoms with Crippen LogP contribution in [0.25, 0.3) is 0 Å². The van der Waals surface area contributed by atoms with Crippen molar-refractivity contribution in [1.82, 2.24) is 5.32 Å². The third kappa shape index (κ3) is 6.50. The summed E-state index contributed by atoms with van der Waals surface area (Å²) in [5, 5.41) is 11.7. The second-order valence-electron chi connectivity index (χ2n) is 5.02. The molecule has 0 saturated carbocycles. The summed E-state index contributed by atoms with van der Waals surface area (Å²) in [5.74, 6) is 0.230. The Morgan fingerprint density at radius 1 is 1.47 bits per heavy atom. The topological polar surface area (TPSA) is 49.3 Å². The summed E-state index contributed by atoms with van der Waals surface area (Å²) in [4.78, 5) is 11.5. The van der Waals surface area contributed by atoms with Crippen molar-refractivity contribution in [3.05, 3.63) is 0 Å². The largest absolute Gasteiger partial charge is 0.396 e. The number of aliphatic hydroxyl groups excluding tert-OH is 1. The molecule has 0 aliphatic heterocycles. The van der Waals surface area contributed by atoms with Crippen molar-refractivity contribution in [3.8, 4) is 0 Å². The van der Waals surface area contributed by atoms with E-state index in [2.05, 4.69) is 19.2 Å². The zero-order valence-electron chi connectivity index (χ0n) is 10.5. The number of hydrogen-bond donors (Lipinski definition) is 2. The van der Waals surface area contributed by atoms with Crippen LogP contribution in [-0.4, -0.2) is 24.2 Å². The Balaban J connectivity index is 3.86. The fraction of sp³-hybridized carbons (Fsp3) is 0.917. The Labute approximate surface area is 93.3 Å². The van der Waals surface area contributed by atoms with E-state index in [0.717, 1.165) is 19.3 Å². The first-order chi connectivity index (χ1) is 6.93. The first kappa shape index (κ1) is 14.4. The Bertz CT molecular complexity index is 190. The Hall–Kier alpha value is -0.570. The molecule has 15 heavy (non-hydrogen) atoms. The van der Waals surface area contributed by atoms with Gasteiger partial charge in [-0.25, -0.2) is 0 Å². The number of carbonyl (C=O) groups is 1. The summed E-state index contributed by atoms with van der Waals surface area (Å²) >= 11 is 0. The maximum absolute atomic E-state index is 11.5. The van der Waals surface area contributed by atoms with E-state index in [1.54, 1.807) is 0 Å². The minimum Gasteiger partial charge on any atom is -0.396 e. The number of nitrogens with one attached hydrogen (secondary N) is 1. The van der Waals surface area contributed by atoms with Gasteiger partial charge in [-0.3, -0.25) is 4.79 Å². The molecule has 0 fully saturated rings. The molecule has 0 saturated heterocycles. The van der Waals surface area contributed by atoms with Crippen LogP contribution in [0, 0.1) is 11.3 Å². The lowest BCUT2D eigenvalue weighted by molar-refractivity contribution is -0.125. The van der Waals surface area contributed by atoms with E-state index in [1.165, 1.54) is 0 Å². The van der Waals surface area contributed by atoms with Gasteiger partial charge in [-0.1, -0.05) is 27.7 Å². The molecule has 0 aliphatic carbocycles. The second-order valence-corrected chi connectivity index (χ2v) is 5.02. The van der Waals surface area contributed by atoms with E-state index in [1.807, 2.05) is 13.8 Å². The lowest BCUT2D eigenvalue weighted by Crippen LogP contribution is -2.36. The molecule has 3 nitrogen and oxygen atoms in total. The van der Waals surface area contributed by atoms with Gasteiger partial charge in [-0.2, -0.15) is 0 Å². The van der Waals surface area contributed by atoms with Crippen molar-refractivity contribution in [2.24, 2.45) is 11.3 Å². The van der Waals surface area contributed by atoms with Gasteiger partial charge < -0.3 is 10.4 Å². The fourth-order valence-electron chi connectivity index (χ4n) is 1.33. The number of hydrogen-bond acceptors (Lipinski definition) is 2. The van der Waals surface area contributed by atoms with Gasteiger partial charge in [0.15, 0.2) is 0 Å².